The van der Waals surface area contributed by atoms with Gasteiger partial charge in [0, 0.05) is 45.6 Å². The Morgan fingerprint density at radius 2 is 1.96 bits per heavy atom. The van der Waals surface area contributed by atoms with Crippen molar-refractivity contribution in [2.75, 3.05) is 40.5 Å². The lowest BCUT2D eigenvalue weighted by Gasteiger charge is -2.12. The van der Waals surface area contributed by atoms with Gasteiger partial charge < -0.3 is 20.1 Å². The van der Waals surface area contributed by atoms with Crippen LogP contribution < -0.4 is 10.6 Å². The van der Waals surface area contributed by atoms with E-state index in [2.05, 4.69) is 44.9 Å². The average Bonchev–Trinajstić information content (AvgIpc) is 2.70. The van der Waals surface area contributed by atoms with E-state index in [1.165, 1.54) is 5.56 Å². The molecular weight excluding hydrogens is 455 g/mol. The van der Waals surface area contributed by atoms with E-state index in [0.717, 1.165) is 30.2 Å². The van der Waals surface area contributed by atoms with Crippen LogP contribution in [0.3, 0.4) is 0 Å². The Labute approximate surface area is 178 Å². The Hall–Kier alpha value is -1.71. The molecule has 0 aliphatic carbocycles. The van der Waals surface area contributed by atoms with Gasteiger partial charge in [0.05, 0.1) is 18.9 Å². The summed E-state index contributed by atoms with van der Waals surface area (Å²) < 4.78 is 10.4. The summed E-state index contributed by atoms with van der Waals surface area (Å²) in [5, 5.41) is 6.63. The Bertz CT molecular complexity index is 668. The van der Waals surface area contributed by atoms with E-state index < -0.39 is 0 Å². The molecule has 0 saturated carbocycles. The van der Waals surface area contributed by atoms with Gasteiger partial charge in [-0.1, -0.05) is 24.3 Å². The van der Waals surface area contributed by atoms with Gasteiger partial charge in [-0.2, -0.15) is 0 Å². The molecular formula is C20H29IN4O2. The van der Waals surface area contributed by atoms with Crippen LogP contribution in [0.5, 0.6) is 0 Å². The minimum Gasteiger partial charge on any atom is -0.382 e. The van der Waals surface area contributed by atoms with E-state index in [1.807, 2.05) is 24.4 Å². The predicted molar refractivity (Wildman–Crippen MR) is 121 cm³/mol. The van der Waals surface area contributed by atoms with Gasteiger partial charge in [0.1, 0.15) is 0 Å². The van der Waals surface area contributed by atoms with Crippen LogP contribution in [-0.4, -0.2) is 51.5 Å². The Morgan fingerprint density at radius 1 is 1.07 bits per heavy atom. The number of ether oxygens (including phenoxy) is 2. The molecule has 2 aromatic rings. The van der Waals surface area contributed by atoms with E-state index in [1.54, 1.807) is 14.2 Å². The lowest BCUT2D eigenvalue weighted by molar-refractivity contribution is 0.0698. The van der Waals surface area contributed by atoms with Crippen molar-refractivity contribution in [1.29, 1.82) is 0 Å². The molecule has 0 fully saturated rings. The molecule has 0 bridgehead atoms. The van der Waals surface area contributed by atoms with Gasteiger partial charge in [-0.25, -0.2) is 0 Å². The van der Waals surface area contributed by atoms with Gasteiger partial charge in [0.25, 0.3) is 0 Å². The summed E-state index contributed by atoms with van der Waals surface area (Å²) in [7, 11) is 3.45. The SMILES string of the molecule is CN=C(NCCCOCCOC)NCc1cccc(-c2ccccn2)c1.I. The quantitative estimate of drug-likeness (QED) is 0.235. The minimum absolute atomic E-state index is 0. The van der Waals surface area contributed by atoms with Gasteiger partial charge in [0.2, 0.25) is 0 Å². The molecule has 0 aliphatic heterocycles. The highest BCUT2D eigenvalue weighted by atomic mass is 127. The van der Waals surface area contributed by atoms with Crippen molar-refractivity contribution in [3.63, 3.8) is 0 Å². The van der Waals surface area contributed by atoms with Gasteiger partial charge >= 0.3 is 0 Å². The molecule has 148 valence electrons. The van der Waals surface area contributed by atoms with Crippen LogP contribution >= 0.6 is 24.0 Å². The van der Waals surface area contributed by atoms with Gasteiger partial charge in [-0.3, -0.25) is 9.98 Å². The van der Waals surface area contributed by atoms with E-state index in [0.29, 0.717) is 26.4 Å². The van der Waals surface area contributed by atoms with Crippen molar-refractivity contribution in [1.82, 2.24) is 15.6 Å². The van der Waals surface area contributed by atoms with Crippen molar-refractivity contribution >= 4 is 29.9 Å². The third-order valence-corrected chi connectivity index (χ3v) is 3.76. The topological polar surface area (TPSA) is 67.8 Å². The van der Waals surface area contributed by atoms with Gasteiger partial charge in [-0.05, 0) is 30.2 Å². The van der Waals surface area contributed by atoms with Crippen LogP contribution in [0.25, 0.3) is 11.3 Å². The van der Waals surface area contributed by atoms with Crippen LogP contribution in [-0.2, 0) is 16.0 Å². The van der Waals surface area contributed by atoms with Crippen molar-refractivity contribution in [3.05, 3.63) is 54.2 Å². The van der Waals surface area contributed by atoms with Crippen molar-refractivity contribution in [3.8, 4) is 11.3 Å². The molecule has 27 heavy (non-hydrogen) atoms. The molecule has 6 nitrogen and oxygen atoms in total. The second-order valence-corrected chi connectivity index (χ2v) is 5.73. The van der Waals surface area contributed by atoms with Crippen LogP contribution in [0.15, 0.2) is 53.7 Å². The normalized spacial score (nSPS) is 11.0. The number of nitrogens with one attached hydrogen (secondary N) is 2. The molecule has 0 aliphatic rings. The second kappa shape index (κ2) is 14.4. The number of hydrogen-bond donors (Lipinski definition) is 2. The Kier molecular flexibility index (Phi) is 12.4. The average molecular weight is 484 g/mol. The number of hydrogen-bond acceptors (Lipinski definition) is 4. The molecule has 1 aromatic carbocycles. The number of guanidine groups is 1. The fraction of sp³-hybridized carbons (Fsp3) is 0.400. The molecule has 7 heteroatoms. The highest BCUT2D eigenvalue weighted by molar-refractivity contribution is 14.0. The van der Waals surface area contributed by atoms with Crippen LogP contribution in [0.2, 0.25) is 0 Å². The number of benzene rings is 1. The largest absolute Gasteiger partial charge is 0.382 e. The Balaban J connectivity index is 0.00000364. The summed E-state index contributed by atoms with van der Waals surface area (Å²) >= 11 is 0. The molecule has 2 N–H and O–H groups in total. The molecule has 0 unspecified atom stereocenters. The number of pyridine rings is 1. The second-order valence-electron chi connectivity index (χ2n) is 5.73. The molecule has 0 radical (unpaired) electrons. The van der Waals surface area contributed by atoms with Gasteiger partial charge in [0.15, 0.2) is 5.96 Å². The fourth-order valence-corrected chi connectivity index (χ4v) is 2.41. The highest BCUT2D eigenvalue weighted by Crippen LogP contribution is 2.17. The van der Waals surface area contributed by atoms with E-state index in [9.17, 15) is 0 Å². The smallest absolute Gasteiger partial charge is 0.191 e. The lowest BCUT2D eigenvalue weighted by Crippen LogP contribution is -2.37. The monoisotopic (exact) mass is 484 g/mol. The van der Waals surface area contributed by atoms with E-state index >= 15 is 0 Å². The van der Waals surface area contributed by atoms with Crippen LogP contribution in [0.1, 0.15) is 12.0 Å². The number of aliphatic imine (C=N–C) groups is 1. The standard InChI is InChI=1S/C20H28N4O2.HI/c1-21-20(23-11-6-12-26-14-13-25-2)24-16-17-7-5-8-18(15-17)19-9-3-4-10-22-19;/h3-5,7-10,15H,6,11-14,16H2,1-2H3,(H2,21,23,24);1H. The lowest BCUT2D eigenvalue weighted by atomic mass is 10.1. The summed E-state index contributed by atoms with van der Waals surface area (Å²) in [6.07, 6.45) is 2.73. The Morgan fingerprint density at radius 3 is 2.70 bits per heavy atom. The number of rotatable bonds is 10. The number of nitrogens with zero attached hydrogens (tertiary/aromatic N) is 2. The molecule has 0 atom stereocenters. The first kappa shape index (κ1) is 23.3. The first-order valence-corrected chi connectivity index (χ1v) is 8.85. The van der Waals surface area contributed by atoms with Crippen molar-refractivity contribution in [2.24, 2.45) is 4.99 Å². The number of halogens is 1. The highest BCUT2D eigenvalue weighted by Gasteiger charge is 2.02. The maximum Gasteiger partial charge on any atom is 0.191 e. The summed E-state index contributed by atoms with van der Waals surface area (Å²) in [5.41, 5.74) is 3.27. The third kappa shape index (κ3) is 9.16. The first-order chi connectivity index (χ1) is 12.8. The fourth-order valence-electron chi connectivity index (χ4n) is 2.41. The molecule has 2 rings (SSSR count). The van der Waals surface area contributed by atoms with Crippen molar-refractivity contribution in [2.45, 2.75) is 13.0 Å². The van der Waals surface area contributed by atoms with Crippen molar-refractivity contribution < 1.29 is 9.47 Å². The van der Waals surface area contributed by atoms with Crippen LogP contribution in [0, 0.1) is 0 Å². The predicted octanol–water partition coefficient (Wildman–Crippen LogP) is 3.08. The summed E-state index contributed by atoms with van der Waals surface area (Å²) in [5.74, 6) is 0.783. The third-order valence-electron chi connectivity index (χ3n) is 3.76. The summed E-state index contributed by atoms with van der Waals surface area (Å²) in [6, 6.07) is 14.3. The first-order valence-electron chi connectivity index (χ1n) is 8.85. The minimum atomic E-state index is 0. The zero-order chi connectivity index (χ0) is 18.5. The summed E-state index contributed by atoms with van der Waals surface area (Å²) in [6.45, 7) is 3.48. The van der Waals surface area contributed by atoms with Crippen LogP contribution in [0.4, 0.5) is 0 Å². The molecule has 0 amide bonds. The van der Waals surface area contributed by atoms with E-state index in [4.69, 9.17) is 9.47 Å². The molecule has 1 heterocycles. The molecule has 1 aromatic heterocycles. The number of methoxy groups -OCH3 is 1. The maximum absolute atomic E-state index is 5.44. The molecule has 0 saturated heterocycles. The zero-order valence-electron chi connectivity index (χ0n) is 16.0. The van der Waals surface area contributed by atoms with Gasteiger partial charge in [-0.15, -0.1) is 24.0 Å². The molecule has 0 spiro atoms. The summed E-state index contributed by atoms with van der Waals surface area (Å²) in [4.78, 5) is 8.65. The van der Waals surface area contributed by atoms with E-state index in [-0.39, 0.29) is 24.0 Å². The number of aromatic nitrogens is 1. The zero-order valence-corrected chi connectivity index (χ0v) is 18.3. The maximum atomic E-state index is 5.44.